The topological polar surface area (TPSA) is 69.2 Å². The van der Waals surface area contributed by atoms with E-state index in [-0.39, 0.29) is 36.0 Å². The van der Waals surface area contributed by atoms with Crippen LogP contribution in [0.3, 0.4) is 0 Å². The van der Waals surface area contributed by atoms with Gasteiger partial charge in [-0.3, -0.25) is 14.7 Å². The van der Waals surface area contributed by atoms with Gasteiger partial charge < -0.3 is 20.3 Å². The lowest BCUT2D eigenvalue weighted by atomic mass is 9.95. The molecule has 30 heavy (non-hydrogen) atoms. The van der Waals surface area contributed by atoms with E-state index in [1.54, 1.807) is 0 Å². The van der Waals surface area contributed by atoms with E-state index in [2.05, 4.69) is 49.7 Å². The Morgan fingerprint density at radius 3 is 2.53 bits per heavy atom. The van der Waals surface area contributed by atoms with Crippen LogP contribution in [0.15, 0.2) is 35.3 Å². The van der Waals surface area contributed by atoms with Crippen molar-refractivity contribution in [2.24, 2.45) is 10.9 Å². The summed E-state index contributed by atoms with van der Waals surface area (Å²) >= 11 is 0. The number of nitrogens with zero attached hydrogens (tertiary/aromatic N) is 3. The van der Waals surface area contributed by atoms with Gasteiger partial charge in [0, 0.05) is 58.3 Å². The molecule has 2 saturated heterocycles. The fourth-order valence-corrected chi connectivity index (χ4v) is 4.23. The zero-order valence-electron chi connectivity index (χ0n) is 17.8. The Labute approximate surface area is 196 Å². The maximum atomic E-state index is 12.0. The van der Waals surface area contributed by atoms with Crippen LogP contribution >= 0.6 is 24.0 Å². The summed E-state index contributed by atoms with van der Waals surface area (Å²) in [6, 6.07) is 10.9. The molecule has 0 spiro atoms. The van der Waals surface area contributed by atoms with Crippen LogP contribution in [-0.2, 0) is 9.53 Å². The Morgan fingerprint density at radius 2 is 1.87 bits per heavy atom. The van der Waals surface area contributed by atoms with Gasteiger partial charge in [-0.05, 0) is 24.8 Å². The third kappa shape index (κ3) is 6.31. The molecule has 1 aromatic carbocycles. The third-order valence-electron chi connectivity index (χ3n) is 6.06. The summed E-state index contributed by atoms with van der Waals surface area (Å²) in [6.07, 6.45) is 3.49. The molecule has 3 fully saturated rings. The quantitative estimate of drug-likeness (QED) is 0.336. The smallest absolute Gasteiger partial charge is 0.234 e. The molecule has 4 rings (SSSR count). The number of hydrogen-bond donors (Lipinski definition) is 2. The first-order valence-electron chi connectivity index (χ1n) is 10.9. The first kappa shape index (κ1) is 23.3. The van der Waals surface area contributed by atoms with E-state index in [9.17, 15) is 4.79 Å². The molecule has 2 unspecified atom stereocenters. The van der Waals surface area contributed by atoms with E-state index >= 15 is 0 Å². The summed E-state index contributed by atoms with van der Waals surface area (Å²) in [4.78, 5) is 21.0. The molecule has 0 bridgehead atoms. The van der Waals surface area contributed by atoms with E-state index < -0.39 is 0 Å². The van der Waals surface area contributed by atoms with Crippen LogP contribution in [0.2, 0.25) is 0 Å². The number of carbonyl (C=O) groups is 1. The number of rotatable bonds is 6. The Kier molecular flexibility index (Phi) is 8.76. The SMILES string of the molecule is CN=C(NCC1CCOC1c1ccccc1)N1CCN(CC(=O)NC2CC2)CC1.I. The lowest BCUT2D eigenvalue weighted by Gasteiger charge is -2.36. The monoisotopic (exact) mass is 527 g/mol. The van der Waals surface area contributed by atoms with Gasteiger partial charge in [-0.25, -0.2) is 0 Å². The van der Waals surface area contributed by atoms with Crippen LogP contribution in [0.1, 0.15) is 30.9 Å². The second-order valence-corrected chi connectivity index (χ2v) is 8.28. The van der Waals surface area contributed by atoms with Gasteiger partial charge in [0.05, 0.1) is 12.6 Å². The number of aliphatic imine (C=N–C) groups is 1. The first-order chi connectivity index (χ1) is 14.2. The number of amides is 1. The number of nitrogens with one attached hydrogen (secondary N) is 2. The third-order valence-corrected chi connectivity index (χ3v) is 6.06. The molecule has 166 valence electrons. The molecule has 3 aliphatic rings. The van der Waals surface area contributed by atoms with Crippen molar-refractivity contribution in [2.45, 2.75) is 31.4 Å². The Morgan fingerprint density at radius 1 is 1.13 bits per heavy atom. The molecule has 7 nitrogen and oxygen atoms in total. The first-order valence-corrected chi connectivity index (χ1v) is 10.9. The van der Waals surface area contributed by atoms with E-state index in [1.807, 2.05) is 13.1 Å². The average Bonchev–Trinajstić information content (AvgIpc) is 3.43. The van der Waals surface area contributed by atoms with Crippen LogP contribution in [-0.4, -0.2) is 80.6 Å². The van der Waals surface area contributed by atoms with Crippen molar-refractivity contribution in [1.82, 2.24) is 20.4 Å². The van der Waals surface area contributed by atoms with E-state index in [0.717, 1.165) is 64.6 Å². The van der Waals surface area contributed by atoms with Crippen molar-refractivity contribution in [3.05, 3.63) is 35.9 Å². The van der Waals surface area contributed by atoms with Gasteiger partial charge in [0.15, 0.2) is 5.96 Å². The van der Waals surface area contributed by atoms with Crippen molar-refractivity contribution < 1.29 is 9.53 Å². The van der Waals surface area contributed by atoms with Crippen LogP contribution in [0.25, 0.3) is 0 Å². The summed E-state index contributed by atoms with van der Waals surface area (Å²) in [5, 5.41) is 6.64. The minimum absolute atomic E-state index is 0. The molecule has 8 heteroatoms. The number of ether oxygens (including phenoxy) is 1. The highest BCUT2D eigenvalue weighted by Gasteiger charge is 2.30. The van der Waals surface area contributed by atoms with Crippen molar-refractivity contribution in [1.29, 1.82) is 0 Å². The number of halogens is 1. The van der Waals surface area contributed by atoms with Crippen LogP contribution in [0.5, 0.6) is 0 Å². The van der Waals surface area contributed by atoms with Gasteiger partial charge in [-0.2, -0.15) is 0 Å². The van der Waals surface area contributed by atoms with Gasteiger partial charge in [0.2, 0.25) is 5.91 Å². The van der Waals surface area contributed by atoms with Crippen molar-refractivity contribution in [2.75, 3.05) is 52.9 Å². The van der Waals surface area contributed by atoms with E-state index in [4.69, 9.17) is 4.74 Å². The van der Waals surface area contributed by atoms with Gasteiger partial charge in [-0.1, -0.05) is 30.3 Å². The maximum Gasteiger partial charge on any atom is 0.234 e. The molecule has 2 aliphatic heterocycles. The van der Waals surface area contributed by atoms with Gasteiger partial charge >= 0.3 is 0 Å². The predicted octanol–water partition coefficient (Wildman–Crippen LogP) is 1.85. The largest absolute Gasteiger partial charge is 0.373 e. The maximum absolute atomic E-state index is 12.0. The molecule has 1 saturated carbocycles. The fourth-order valence-electron chi connectivity index (χ4n) is 4.23. The fraction of sp³-hybridized carbons (Fsp3) is 0.636. The van der Waals surface area contributed by atoms with E-state index in [1.165, 1.54) is 5.56 Å². The molecule has 1 aromatic rings. The Balaban J connectivity index is 0.00000256. The zero-order valence-corrected chi connectivity index (χ0v) is 20.1. The molecule has 1 aliphatic carbocycles. The lowest BCUT2D eigenvalue weighted by molar-refractivity contribution is -0.122. The second kappa shape index (κ2) is 11.3. The van der Waals surface area contributed by atoms with Gasteiger partial charge in [0.25, 0.3) is 0 Å². The predicted molar refractivity (Wildman–Crippen MR) is 129 cm³/mol. The number of guanidine groups is 1. The molecule has 0 radical (unpaired) electrons. The molecular weight excluding hydrogens is 493 g/mol. The minimum atomic E-state index is 0. The summed E-state index contributed by atoms with van der Waals surface area (Å²) < 4.78 is 6.01. The number of hydrogen-bond acceptors (Lipinski definition) is 4. The normalized spacial score (nSPS) is 25.0. The highest BCUT2D eigenvalue weighted by Crippen LogP contribution is 2.33. The van der Waals surface area contributed by atoms with Crippen LogP contribution in [0.4, 0.5) is 0 Å². The minimum Gasteiger partial charge on any atom is -0.373 e. The summed E-state index contributed by atoms with van der Waals surface area (Å²) in [6.45, 7) is 5.73. The number of benzene rings is 1. The Bertz CT molecular complexity index is 705. The second-order valence-electron chi connectivity index (χ2n) is 8.28. The van der Waals surface area contributed by atoms with Crippen LogP contribution in [0, 0.1) is 5.92 Å². The van der Waals surface area contributed by atoms with Gasteiger partial charge in [-0.15, -0.1) is 24.0 Å². The summed E-state index contributed by atoms with van der Waals surface area (Å²) in [7, 11) is 1.84. The molecule has 2 atom stereocenters. The molecular formula is C22H34IN5O2. The van der Waals surface area contributed by atoms with Crippen molar-refractivity contribution >= 4 is 35.8 Å². The standard InChI is InChI=1S/C22H33N5O2.HI/c1-23-22(24-15-18-9-14-29-21(18)17-5-3-2-4-6-17)27-12-10-26(11-13-27)16-20(28)25-19-7-8-19;/h2-6,18-19,21H,7-16H2,1H3,(H,23,24)(H,25,28);1H. The van der Waals surface area contributed by atoms with Crippen molar-refractivity contribution in [3.63, 3.8) is 0 Å². The molecule has 0 aromatic heterocycles. The molecule has 2 heterocycles. The number of carbonyl (C=O) groups excluding carboxylic acids is 1. The van der Waals surface area contributed by atoms with Gasteiger partial charge in [0.1, 0.15) is 0 Å². The average molecular weight is 527 g/mol. The van der Waals surface area contributed by atoms with Crippen molar-refractivity contribution in [3.8, 4) is 0 Å². The lowest BCUT2D eigenvalue weighted by Crippen LogP contribution is -2.54. The van der Waals surface area contributed by atoms with E-state index in [0.29, 0.717) is 18.5 Å². The number of piperazine rings is 1. The zero-order chi connectivity index (χ0) is 20.1. The highest BCUT2D eigenvalue weighted by atomic mass is 127. The highest BCUT2D eigenvalue weighted by molar-refractivity contribution is 14.0. The molecule has 1 amide bonds. The molecule has 2 N–H and O–H groups in total. The Hall–Kier alpha value is -1.39. The van der Waals surface area contributed by atoms with Crippen LogP contribution < -0.4 is 10.6 Å². The summed E-state index contributed by atoms with van der Waals surface area (Å²) in [5.74, 6) is 1.56. The summed E-state index contributed by atoms with van der Waals surface area (Å²) in [5.41, 5.74) is 1.25.